The van der Waals surface area contributed by atoms with Gasteiger partial charge in [0.1, 0.15) is 0 Å². The predicted octanol–water partition coefficient (Wildman–Crippen LogP) is 18.4. The quantitative estimate of drug-likeness (QED) is 0.154. The van der Waals surface area contributed by atoms with Crippen LogP contribution in [0.3, 0.4) is 0 Å². The molecule has 0 spiro atoms. The van der Waals surface area contributed by atoms with Crippen LogP contribution in [0.2, 0.25) is 0 Å². The minimum Gasteiger partial charge on any atom is -0.378 e. The first-order valence-electron chi connectivity index (χ1n) is 28.4. The van der Waals surface area contributed by atoms with Crippen LogP contribution in [0.25, 0.3) is 55.4 Å². The number of aromatic nitrogens is 1. The van der Waals surface area contributed by atoms with E-state index in [1.165, 1.54) is 128 Å². The van der Waals surface area contributed by atoms with Gasteiger partial charge in [0.15, 0.2) is 0 Å². The van der Waals surface area contributed by atoms with Crippen molar-refractivity contribution in [3.8, 4) is 44.5 Å². The van der Waals surface area contributed by atoms with Gasteiger partial charge in [0.05, 0.1) is 11.4 Å². The van der Waals surface area contributed by atoms with Crippen LogP contribution >= 0.6 is 0 Å². The zero-order valence-electron chi connectivity index (χ0n) is 46.8. The number of anilines is 6. The number of hydrogen-bond donors (Lipinski definition) is 0. The van der Waals surface area contributed by atoms with E-state index in [2.05, 4.69) is 301 Å². The predicted molar refractivity (Wildman–Crippen MR) is 335 cm³/mol. The van der Waals surface area contributed by atoms with E-state index in [0.717, 1.165) is 11.4 Å². The summed E-state index contributed by atoms with van der Waals surface area (Å²) in [5, 5.41) is 1.29. The molecule has 3 heterocycles. The molecule has 2 aliphatic carbocycles. The topological polar surface area (TPSA) is 11.4 Å². The van der Waals surface area contributed by atoms with Gasteiger partial charge in [0.2, 0.25) is 0 Å². The Balaban J connectivity index is 1.14. The Morgan fingerprint density at radius 3 is 1.58 bits per heavy atom. The van der Waals surface area contributed by atoms with E-state index >= 15 is 0 Å². The zero-order chi connectivity index (χ0) is 53.9. The van der Waals surface area contributed by atoms with Crippen LogP contribution in [0.5, 0.6) is 0 Å². The normalized spacial score (nSPS) is 15.4. The Kier molecular flexibility index (Phi) is 10.1. The summed E-state index contributed by atoms with van der Waals surface area (Å²) in [6.07, 6.45) is 0. The first-order chi connectivity index (χ1) is 38.1. The number of fused-ring (bicyclic) bond motifs is 11. The monoisotopic (exact) mass is 1020 g/mol. The molecule has 0 fully saturated rings. The van der Waals surface area contributed by atoms with Crippen molar-refractivity contribution in [2.24, 2.45) is 0 Å². The molecule has 4 heteroatoms. The van der Waals surface area contributed by atoms with Crippen LogP contribution in [-0.4, -0.2) is 11.3 Å². The van der Waals surface area contributed by atoms with Gasteiger partial charge in [0, 0.05) is 72.3 Å². The highest BCUT2D eigenvalue weighted by Gasteiger charge is 2.52. The third-order valence-corrected chi connectivity index (χ3v) is 18.7. The van der Waals surface area contributed by atoms with Gasteiger partial charge >= 0.3 is 6.85 Å². The summed E-state index contributed by atoms with van der Waals surface area (Å²) in [5.41, 5.74) is 29.7. The Hall–Kier alpha value is -8.60. The van der Waals surface area contributed by atoms with Crippen LogP contribution in [-0.2, 0) is 21.7 Å². The maximum atomic E-state index is 2.87. The SMILES string of the molecule is CC(C)(C)c1ccc(N2c3cc4c(cc3B3c5c(cc(-c6ccccc6)cc52)-c2ccc(N(c5ccccc5)c5ccccc5)c5c6c(n3c25)C(C)(C)c2ccccc2-6)C(C)(C)c2ccccc2C4(C)C)c(-c2ccccc2)c1. The van der Waals surface area contributed by atoms with E-state index in [1.807, 2.05) is 0 Å². The molecule has 1 aromatic heterocycles. The first-order valence-corrected chi connectivity index (χ1v) is 28.4. The molecule has 382 valence electrons. The van der Waals surface area contributed by atoms with E-state index in [1.54, 1.807) is 0 Å². The van der Waals surface area contributed by atoms with Gasteiger partial charge in [-0.05, 0) is 138 Å². The maximum absolute atomic E-state index is 2.87. The largest absolute Gasteiger partial charge is 0.378 e. The first kappa shape index (κ1) is 47.6. The summed E-state index contributed by atoms with van der Waals surface area (Å²) in [4.78, 5) is 5.20. The van der Waals surface area contributed by atoms with Gasteiger partial charge in [-0.25, -0.2) is 0 Å². The molecule has 79 heavy (non-hydrogen) atoms. The number of nitrogens with zero attached hydrogens (tertiary/aromatic N) is 3. The standard InChI is InChI=1S/C75H64BN3/c1-72(2,3)50-38-40-63(55(44-50)48-28-16-11-17-29-48)78-65-46-61-60(73(4,5)58-36-24-25-37-59(58)74(61,6)7)45-62(65)76-69-56(42-49(43-66(69)78)47-26-14-10-15-27-47)53-39-41-64(77(51-30-18-12-19-31-51)52-32-20-13-21-33-52)68-67-54-34-22-23-35-57(54)75(8,9)71(67)79(76)70(53)68/h10-46H,1-9H3. The van der Waals surface area contributed by atoms with Crippen LogP contribution in [0.4, 0.5) is 34.1 Å². The van der Waals surface area contributed by atoms with Crippen molar-refractivity contribution in [1.82, 2.24) is 4.48 Å². The lowest BCUT2D eigenvalue weighted by Gasteiger charge is -2.47. The van der Waals surface area contributed by atoms with E-state index < -0.39 is 0 Å². The molecule has 2 aliphatic heterocycles. The molecule has 0 radical (unpaired) electrons. The van der Waals surface area contributed by atoms with E-state index in [0.29, 0.717) is 0 Å². The zero-order valence-corrected chi connectivity index (χ0v) is 46.8. The summed E-state index contributed by atoms with van der Waals surface area (Å²) in [6.45, 7) is 21.6. The lowest BCUT2D eigenvalue weighted by Crippen LogP contribution is -2.58. The summed E-state index contributed by atoms with van der Waals surface area (Å²) in [5.74, 6) is 0. The second-order valence-corrected chi connectivity index (χ2v) is 25.3. The fourth-order valence-corrected chi connectivity index (χ4v) is 14.8. The number of para-hydroxylation sites is 2. The maximum Gasteiger partial charge on any atom is 0.332 e. The van der Waals surface area contributed by atoms with Crippen molar-refractivity contribution in [2.45, 2.75) is 84.0 Å². The number of rotatable bonds is 6. The Morgan fingerprint density at radius 2 is 0.962 bits per heavy atom. The van der Waals surface area contributed by atoms with Gasteiger partial charge < -0.3 is 14.3 Å². The molecule has 4 aliphatic rings. The summed E-state index contributed by atoms with van der Waals surface area (Å²) in [7, 11) is 0. The van der Waals surface area contributed by atoms with Crippen molar-refractivity contribution < 1.29 is 0 Å². The number of benzene rings is 10. The highest BCUT2D eigenvalue weighted by molar-refractivity contribution is 6.89. The lowest BCUT2D eigenvalue weighted by atomic mass is 9.43. The smallest absolute Gasteiger partial charge is 0.332 e. The molecule has 0 amide bonds. The van der Waals surface area contributed by atoms with Crippen molar-refractivity contribution in [3.63, 3.8) is 0 Å². The second-order valence-electron chi connectivity index (χ2n) is 25.3. The van der Waals surface area contributed by atoms with E-state index in [-0.39, 0.29) is 28.5 Å². The third kappa shape index (κ3) is 6.67. The van der Waals surface area contributed by atoms with Crippen LogP contribution in [0, 0.1) is 0 Å². The average molecular weight is 1020 g/mol. The molecule has 0 N–H and O–H groups in total. The molecule has 0 unspecified atom stereocenters. The summed E-state index contributed by atoms with van der Waals surface area (Å²) in [6, 6.07) is 85.3. The fourth-order valence-electron chi connectivity index (χ4n) is 14.8. The van der Waals surface area contributed by atoms with Crippen LogP contribution in [0.15, 0.2) is 224 Å². The minimum atomic E-state index is -0.347. The Morgan fingerprint density at radius 1 is 0.405 bits per heavy atom. The summed E-state index contributed by atoms with van der Waals surface area (Å²) >= 11 is 0. The van der Waals surface area contributed by atoms with Crippen molar-refractivity contribution >= 4 is 62.8 Å². The fraction of sp³-hybridized carbons (Fsp3) is 0.173. The molecule has 0 bridgehead atoms. The lowest BCUT2D eigenvalue weighted by molar-refractivity contribution is 0.521. The average Bonchev–Trinajstić information content (AvgIpc) is 2.28. The molecular formula is C75H64BN3. The van der Waals surface area contributed by atoms with E-state index in [4.69, 9.17) is 0 Å². The van der Waals surface area contributed by atoms with E-state index in [9.17, 15) is 0 Å². The molecular weight excluding hydrogens is 954 g/mol. The van der Waals surface area contributed by atoms with Gasteiger partial charge in [-0.3, -0.25) is 0 Å². The Bertz CT molecular complexity index is 4270. The molecule has 0 atom stereocenters. The van der Waals surface area contributed by atoms with Crippen molar-refractivity contribution in [1.29, 1.82) is 0 Å². The van der Waals surface area contributed by atoms with Crippen LogP contribution < -0.4 is 20.7 Å². The molecule has 0 saturated heterocycles. The second kappa shape index (κ2) is 16.7. The molecule has 11 aromatic rings. The molecule has 15 rings (SSSR count). The third-order valence-electron chi connectivity index (χ3n) is 18.7. The van der Waals surface area contributed by atoms with Gasteiger partial charge in [-0.15, -0.1) is 0 Å². The highest BCUT2D eigenvalue weighted by atomic mass is 15.2. The molecule has 0 saturated carbocycles. The van der Waals surface area contributed by atoms with Crippen molar-refractivity contribution in [2.75, 3.05) is 9.80 Å². The Labute approximate surface area is 466 Å². The molecule has 10 aromatic carbocycles. The summed E-state index contributed by atoms with van der Waals surface area (Å²) < 4.78 is 2.87. The van der Waals surface area contributed by atoms with Crippen LogP contribution in [0.1, 0.15) is 101 Å². The van der Waals surface area contributed by atoms with Gasteiger partial charge in [-0.2, -0.15) is 0 Å². The minimum absolute atomic E-state index is 0.0643. The van der Waals surface area contributed by atoms with Gasteiger partial charge in [-0.1, -0.05) is 226 Å². The van der Waals surface area contributed by atoms with Gasteiger partial charge in [0.25, 0.3) is 0 Å². The van der Waals surface area contributed by atoms with Crippen molar-refractivity contribution in [3.05, 3.63) is 264 Å². The molecule has 3 nitrogen and oxygen atoms in total. The number of hydrogen-bond acceptors (Lipinski definition) is 2. The highest BCUT2D eigenvalue weighted by Crippen LogP contribution is 2.60.